The van der Waals surface area contributed by atoms with Gasteiger partial charge in [-0.2, -0.15) is 18.3 Å². The van der Waals surface area contributed by atoms with Crippen molar-refractivity contribution < 1.29 is 37.4 Å². The number of carbonyl (C=O) groups is 3. The van der Waals surface area contributed by atoms with Crippen LogP contribution in [-0.4, -0.2) is 50.4 Å². The lowest BCUT2D eigenvalue weighted by molar-refractivity contribution is -0.143. The number of rotatable bonds is 9. The van der Waals surface area contributed by atoms with Gasteiger partial charge in [-0.3, -0.25) is 14.4 Å². The van der Waals surface area contributed by atoms with Crippen LogP contribution in [-0.2, 0) is 17.5 Å². The minimum Gasteiger partial charge on any atom is -0.497 e. The number of carboxylic acid groups (broad SMARTS) is 1. The van der Waals surface area contributed by atoms with E-state index in [9.17, 15) is 37.5 Å². The van der Waals surface area contributed by atoms with Crippen LogP contribution in [0.15, 0.2) is 77.9 Å². The molecule has 0 bridgehead atoms. The van der Waals surface area contributed by atoms with E-state index in [1.165, 1.54) is 67.3 Å². The van der Waals surface area contributed by atoms with Crippen molar-refractivity contribution in [2.75, 3.05) is 12.4 Å². The number of alkyl halides is 3. The number of carbonyl (C=O) groups excluding carboxylic acids is 2. The van der Waals surface area contributed by atoms with E-state index in [1.807, 2.05) is 0 Å². The smallest absolute Gasteiger partial charge is 0.434 e. The lowest BCUT2D eigenvalue weighted by atomic mass is 10.1. The number of nitrogens with zero attached hydrogens (tertiary/aromatic N) is 3. The number of benzene rings is 3. The quantitative estimate of drug-likeness (QED) is 0.170. The van der Waals surface area contributed by atoms with Crippen LogP contribution >= 0.6 is 23.2 Å². The van der Waals surface area contributed by atoms with E-state index >= 15 is 0 Å². The molecule has 0 radical (unpaired) electrons. The zero-order chi connectivity index (χ0) is 34.9. The van der Waals surface area contributed by atoms with Gasteiger partial charge in [0.25, 0.3) is 5.91 Å². The maximum Gasteiger partial charge on any atom is 0.434 e. The molecule has 0 saturated heterocycles. The Kier molecular flexibility index (Phi) is 9.50. The second-order valence-electron chi connectivity index (χ2n) is 10.5. The first-order valence-corrected chi connectivity index (χ1v) is 14.7. The molecular weight excluding hydrogens is 678 g/mol. The number of amides is 2. The van der Waals surface area contributed by atoms with E-state index in [-0.39, 0.29) is 28.3 Å². The summed E-state index contributed by atoms with van der Waals surface area (Å²) in [4.78, 5) is 51.0. The van der Waals surface area contributed by atoms with Crippen LogP contribution in [0, 0.1) is 0 Å². The van der Waals surface area contributed by atoms with Gasteiger partial charge in [-0.25, -0.2) is 9.48 Å². The van der Waals surface area contributed by atoms with Gasteiger partial charge in [0.15, 0.2) is 5.69 Å². The summed E-state index contributed by atoms with van der Waals surface area (Å²) in [6.07, 6.45) is -3.04. The van der Waals surface area contributed by atoms with Crippen molar-refractivity contribution in [1.82, 2.24) is 19.7 Å². The zero-order valence-corrected chi connectivity index (χ0v) is 26.4. The van der Waals surface area contributed by atoms with Crippen molar-refractivity contribution >= 4 is 57.6 Å². The summed E-state index contributed by atoms with van der Waals surface area (Å²) in [6.45, 7) is 1.37. The summed E-state index contributed by atoms with van der Waals surface area (Å²) in [5.41, 5.74) is -2.41. The molecule has 5 rings (SSSR count). The maximum absolute atomic E-state index is 14.1. The van der Waals surface area contributed by atoms with Gasteiger partial charge < -0.3 is 25.0 Å². The number of pyridine rings is 1. The third-order valence-electron chi connectivity index (χ3n) is 7.26. The molecule has 0 aliphatic carbocycles. The largest absolute Gasteiger partial charge is 0.497 e. The Hall–Kier alpha value is -5.34. The first kappa shape index (κ1) is 34.0. The van der Waals surface area contributed by atoms with Gasteiger partial charge in [-0.15, -0.1) is 0 Å². The SMILES string of the molecule is COc1ccc(-n2ncc(C(=O)N[C@@H](C)C(=O)Nc3ccc4c(c3)c(=O)c(C(=O)O)cn4Cc3ccc(Cl)c(Cl)c3)c2C(F)(F)F)cc1. The van der Waals surface area contributed by atoms with Gasteiger partial charge in [0.1, 0.15) is 17.4 Å². The number of fused-ring (bicyclic) bond motifs is 1. The molecule has 16 heteroatoms. The fraction of sp³-hybridized carbons (Fsp3) is 0.156. The Morgan fingerprint density at radius 3 is 2.33 bits per heavy atom. The monoisotopic (exact) mass is 701 g/mol. The summed E-state index contributed by atoms with van der Waals surface area (Å²) < 4.78 is 49.5. The van der Waals surface area contributed by atoms with Crippen LogP contribution in [0.3, 0.4) is 0 Å². The molecule has 2 heterocycles. The Morgan fingerprint density at radius 1 is 1.00 bits per heavy atom. The van der Waals surface area contributed by atoms with E-state index in [0.29, 0.717) is 26.5 Å². The normalized spacial score (nSPS) is 12.1. The minimum atomic E-state index is -4.98. The Bertz CT molecular complexity index is 2130. The number of aromatic carboxylic acids is 1. The molecule has 1 atom stereocenters. The second kappa shape index (κ2) is 13.4. The van der Waals surface area contributed by atoms with E-state index in [2.05, 4.69) is 15.7 Å². The first-order valence-electron chi connectivity index (χ1n) is 13.9. The van der Waals surface area contributed by atoms with Crippen molar-refractivity contribution in [2.24, 2.45) is 0 Å². The van der Waals surface area contributed by atoms with E-state index in [0.717, 1.165) is 6.20 Å². The summed E-state index contributed by atoms with van der Waals surface area (Å²) in [7, 11) is 1.40. The number of carboxylic acids is 1. The number of hydrogen-bond acceptors (Lipinski definition) is 6. The van der Waals surface area contributed by atoms with Gasteiger partial charge in [-0.05, 0) is 67.1 Å². The molecule has 0 spiro atoms. The number of halogens is 5. The summed E-state index contributed by atoms with van der Waals surface area (Å²) in [5.74, 6) is -3.10. The van der Waals surface area contributed by atoms with Crippen LogP contribution in [0.4, 0.5) is 18.9 Å². The molecule has 5 aromatic rings. The van der Waals surface area contributed by atoms with Crippen LogP contribution in [0.2, 0.25) is 10.0 Å². The maximum atomic E-state index is 14.1. The number of nitrogens with one attached hydrogen (secondary N) is 2. The third kappa shape index (κ3) is 6.99. The molecule has 2 aromatic heterocycles. The van der Waals surface area contributed by atoms with Crippen molar-refractivity contribution in [3.8, 4) is 11.4 Å². The molecule has 48 heavy (non-hydrogen) atoms. The molecule has 3 N–H and O–H groups in total. The molecule has 3 aromatic carbocycles. The van der Waals surface area contributed by atoms with Crippen LogP contribution in [0.5, 0.6) is 5.75 Å². The zero-order valence-electron chi connectivity index (χ0n) is 24.9. The van der Waals surface area contributed by atoms with Gasteiger partial charge in [0, 0.05) is 23.8 Å². The summed E-state index contributed by atoms with van der Waals surface area (Å²) >= 11 is 12.1. The standard InChI is InChI=1S/C32H24Cl2F3N5O6/c1-16(39-30(45)22-13-38-42(28(22)32(35,36)37)19-5-7-20(48-2)8-6-19)29(44)40-18-4-10-26-21(12-18)27(43)23(31(46)47)15-41(26)14-17-3-9-24(33)25(34)11-17/h3-13,15-16H,14H2,1-2H3,(H,39,45)(H,40,44)(H,46,47)/t16-/m0/s1. The molecule has 0 saturated carbocycles. The Balaban J connectivity index is 1.39. The average Bonchev–Trinajstić information content (AvgIpc) is 3.50. The molecule has 0 aliphatic rings. The van der Waals surface area contributed by atoms with Crippen molar-refractivity contribution in [3.63, 3.8) is 0 Å². The molecule has 0 unspecified atom stereocenters. The lowest BCUT2D eigenvalue weighted by Crippen LogP contribution is -2.42. The van der Waals surface area contributed by atoms with Crippen molar-refractivity contribution in [1.29, 1.82) is 0 Å². The van der Waals surface area contributed by atoms with Crippen LogP contribution < -0.4 is 20.8 Å². The highest BCUT2D eigenvalue weighted by atomic mass is 35.5. The topological polar surface area (TPSA) is 145 Å². The van der Waals surface area contributed by atoms with Gasteiger partial charge in [-0.1, -0.05) is 29.3 Å². The van der Waals surface area contributed by atoms with E-state index < -0.39 is 52.3 Å². The average molecular weight is 702 g/mol. The molecule has 248 valence electrons. The van der Waals surface area contributed by atoms with Crippen LogP contribution in [0.1, 0.15) is 38.9 Å². The molecule has 2 amide bonds. The predicted molar refractivity (Wildman–Crippen MR) is 171 cm³/mol. The van der Waals surface area contributed by atoms with Gasteiger partial charge >= 0.3 is 12.1 Å². The highest BCUT2D eigenvalue weighted by Gasteiger charge is 2.41. The summed E-state index contributed by atoms with van der Waals surface area (Å²) in [5, 5.41) is 18.7. The molecule has 11 nitrogen and oxygen atoms in total. The fourth-order valence-corrected chi connectivity index (χ4v) is 5.21. The van der Waals surface area contributed by atoms with Crippen LogP contribution in [0.25, 0.3) is 16.6 Å². The number of methoxy groups -OCH3 is 1. The second-order valence-corrected chi connectivity index (χ2v) is 11.3. The van der Waals surface area contributed by atoms with Crippen molar-refractivity contribution in [2.45, 2.75) is 25.7 Å². The number of aromatic nitrogens is 3. The summed E-state index contributed by atoms with van der Waals surface area (Å²) in [6, 6.07) is 13.2. The number of hydrogen-bond donors (Lipinski definition) is 3. The lowest BCUT2D eigenvalue weighted by Gasteiger charge is -2.17. The van der Waals surface area contributed by atoms with E-state index in [1.54, 1.807) is 18.2 Å². The highest BCUT2D eigenvalue weighted by Crippen LogP contribution is 2.34. The highest BCUT2D eigenvalue weighted by molar-refractivity contribution is 6.42. The van der Waals surface area contributed by atoms with Gasteiger partial charge in [0.05, 0.1) is 40.1 Å². The Morgan fingerprint density at radius 2 is 1.71 bits per heavy atom. The fourth-order valence-electron chi connectivity index (χ4n) is 4.89. The Labute approximate surface area is 279 Å². The van der Waals surface area contributed by atoms with Gasteiger partial charge in [0.2, 0.25) is 11.3 Å². The van der Waals surface area contributed by atoms with E-state index in [4.69, 9.17) is 27.9 Å². The minimum absolute atomic E-state index is 0.0198. The number of anilines is 1. The number of ether oxygens (including phenoxy) is 1. The third-order valence-corrected chi connectivity index (χ3v) is 7.99. The predicted octanol–water partition coefficient (Wildman–Crippen LogP) is 6.02. The molecule has 0 fully saturated rings. The molecular formula is C32H24Cl2F3N5O6. The first-order chi connectivity index (χ1) is 22.7. The molecule has 0 aliphatic heterocycles. The van der Waals surface area contributed by atoms with Crippen molar-refractivity contribution in [3.05, 3.63) is 116 Å².